The van der Waals surface area contributed by atoms with Gasteiger partial charge in [-0.25, -0.2) is 0 Å². The average Bonchev–Trinajstić information content (AvgIpc) is 3.28. The van der Waals surface area contributed by atoms with Crippen LogP contribution in [0.1, 0.15) is 49.2 Å². The number of aliphatic hydroxyl groups excluding tert-OH is 1. The summed E-state index contributed by atoms with van der Waals surface area (Å²) < 4.78 is 0. The Morgan fingerprint density at radius 1 is 1.40 bits per heavy atom. The van der Waals surface area contributed by atoms with Crippen molar-refractivity contribution in [3.63, 3.8) is 0 Å². The van der Waals surface area contributed by atoms with E-state index in [9.17, 15) is 5.11 Å². The first kappa shape index (κ1) is 17.5. The predicted molar refractivity (Wildman–Crippen MR) is 95.2 cm³/mol. The van der Waals surface area contributed by atoms with Crippen LogP contribution in [0.4, 0.5) is 0 Å². The Morgan fingerprint density at radius 3 is 2.76 bits per heavy atom. The number of tetrazole rings is 1. The molecule has 1 fully saturated rings. The Bertz CT molecular complexity index is 676. The number of H-pyrrole nitrogens is 1. The van der Waals surface area contributed by atoms with Gasteiger partial charge in [-0.05, 0) is 36.9 Å². The van der Waals surface area contributed by atoms with E-state index in [1.54, 1.807) is 0 Å². The Balaban J connectivity index is 1.81. The van der Waals surface area contributed by atoms with Crippen molar-refractivity contribution in [2.24, 2.45) is 11.8 Å². The standard InChI is InChI=1S/C18H26N6O/c1-11(2)17(12(3)25)15(18-21-23-24-22-18)8-13-4-5-16(20-9-13)14-6-7-19-10-14/h4-5,9,11,14-15,17,19,25H,3,6-8,10H2,1-2H3,(H,21,22,23,24)/t14?,15-,17+/m0/s1. The van der Waals surface area contributed by atoms with E-state index in [2.05, 4.69) is 63.5 Å². The minimum Gasteiger partial charge on any atom is -0.513 e. The molecule has 0 saturated carbocycles. The highest BCUT2D eigenvalue weighted by Gasteiger charge is 2.32. The van der Waals surface area contributed by atoms with Gasteiger partial charge in [0, 0.05) is 36.2 Å². The molecule has 3 atom stereocenters. The van der Waals surface area contributed by atoms with Crippen molar-refractivity contribution >= 4 is 0 Å². The van der Waals surface area contributed by atoms with Gasteiger partial charge in [0.1, 0.15) is 0 Å². The van der Waals surface area contributed by atoms with E-state index in [0.717, 1.165) is 30.8 Å². The number of rotatable bonds is 7. The molecule has 0 aromatic carbocycles. The van der Waals surface area contributed by atoms with Crippen LogP contribution in [0, 0.1) is 11.8 Å². The fourth-order valence-electron chi connectivity index (χ4n) is 3.75. The summed E-state index contributed by atoms with van der Waals surface area (Å²) in [5.74, 6) is 1.22. The van der Waals surface area contributed by atoms with Gasteiger partial charge in [0.2, 0.25) is 0 Å². The number of hydrogen-bond donors (Lipinski definition) is 3. The average molecular weight is 342 g/mol. The van der Waals surface area contributed by atoms with Crippen molar-refractivity contribution in [2.75, 3.05) is 13.1 Å². The fraction of sp³-hybridized carbons (Fsp3) is 0.556. The number of aromatic nitrogens is 5. The third kappa shape index (κ3) is 4.04. The first-order chi connectivity index (χ1) is 12.1. The molecule has 0 aliphatic carbocycles. The second-order valence-electron chi connectivity index (χ2n) is 7.12. The maximum Gasteiger partial charge on any atom is 0.178 e. The van der Waals surface area contributed by atoms with Crippen LogP contribution in [0.15, 0.2) is 30.7 Å². The number of allylic oxidation sites excluding steroid dienone is 1. The highest BCUT2D eigenvalue weighted by Crippen LogP contribution is 2.35. The summed E-state index contributed by atoms with van der Waals surface area (Å²) in [5, 5.41) is 28.0. The number of aliphatic hydroxyl groups is 1. The summed E-state index contributed by atoms with van der Waals surface area (Å²) in [6.45, 7) is 9.94. The van der Waals surface area contributed by atoms with Gasteiger partial charge >= 0.3 is 0 Å². The van der Waals surface area contributed by atoms with Crippen LogP contribution in [-0.2, 0) is 6.42 Å². The number of pyridine rings is 1. The van der Waals surface area contributed by atoms with Gasteiger partial charge in [-0.3, -0.25) is 4.98 Å². The molecule has 2 aromatic heterocycles. The topological polar surface area (TPSA) is 99.6 Å². The van der Waals surface area contributed by atoms with Crippen molar-refractivity contribution in [3.05, 3.63) is 47.7 Å². The summed E-state index contributed by atoms with van der Waals surface area (Å²) >= 11 is 0. The van der Waals surface area contributed by atoms with Crippen LogP contribution >= 0.6 is 0 Å². The summed E-state index contributed by atoms with van der Waals surface area (Å²) in [5.41, 5.74) is 2.23. The van der Waals surface area contributed by atoms with Crippen molar-refractivity contribution in [2.45, 2.75) is 38.5 Å². The molecule has 0 amide bonds. The molecular formula is C18H26N6O. The van der Waals surface area contributed by atoms with Crippen molar-refractivity contribution in [3.8, 4) is 0 Å². The molecule has 134 valence electrons. The number of hydrogen-bond acceptors (Lipinski definition) is 6. The molecule has 3 heterocycles. The van der Waals surface area contributed by atoms with Gasteiger partial charge in [0.25, 0.3) is 0 Å². The predicted octanol–water partition coefficient (Wildman–Crippen LogP) is 2.34. The molecule has 25 heavy (non-hydrogen) atoms. The largest absolute Gasteiger partial charge is 0.513 e. The molecule has 1 aliphatic rings. The van der Waals surface area contributed by atoms with E-state index in [4.69, 9.17) is 0 Å². The second kappa shape index (κ2) is 7.74. The van der Waals surface area contributed by atoms with E-state index in [1.165, 1.54) is 0 Å². The molecule has 1 saturated heterocycles. The van der Waals surface area contributed by atoms with Gasteiger partial charge in [-0.2, -0.15) is 5.21 Å². The Morgan fingerprint density at radius 2 is 2.24 bits per heavy atom. The Hall–Kier alpha value is -2.28. The lowest BCUT2D eigenvalue weighted by Crippen LogP contribution is -2.23. The Kier molecular flexibility index (Phi) is 5.43. The first-order valence-corrected chi connectivity index (χ1v) is 8.83. The van der Waals surface area contributed by atoms with Gasteiger partial charge in [0.15, 0.2) is 5.82 Å². The summed E-state index contributed by atoms with van der Waals surface area (Å²) in [6.07, 6.45) is 3.74. The van der Waals surface area contributed by atoms with Gasteiger partial charge < -0.3 is 10.4 Å². The maximum atomic E-state index is 10.1. The summed E-state index contributed by atoms with van der Waals surface area (Å²) in [6, 6.07) is 4.23. The third-order valence-corrected chi connectivity index (χ3v) is 5.01. The van der Waals surface area contributed by atoms with E-state index in [-0.39, 0.29) is 23.5 Å². The molecule has 0 spiro atoms. The molecule has 1 unspecified atom stereocenters. The SMILES string of the molecule is C=C(O)[C@@H](C(C)C)[C@H](Cc1ccc(C2CCNC2)nc1)c1nn[nH]n1. The van der Waals surface area contributed by atoms with Crippen LogP contribution in [0.3, 0.4) is 0 Å². The molecule has 1 aliphatic heterocycles. The van der Waals surface area contributed by atoms with Crippen molar-refractivity contribution in [1.82, 2.24) is 30.9 Å². The minimum absolute atomic E-state index is 0.1000. The first-order valence-electron chi connectivity index (χ1n) is 8.83. The fourth-order valence-corrected chi connectivity index (χ4v) is 3.75. The molecule has 3 N–H and O–H groups in total. The van der Waals surface area contributed by atoms with Crippen LogP contribution in [0.2, 0.25) is 0 Å². The molecule has 0 radical (unpaired) electrons. The van der Waals surface area contributed by atoms with Gasteiger partial charge in [0.05, 0.1) is 5.76 Å². The van der Waals surface area contributed by atoms with E-state index >= 15 is 0 Å². The van der Waals surface area contributed by atoms with Crippen LogP contribution in [-0.4, -0.2) is 43.8 Å². The number of nitrogens with zero attached hydrogens (tertiary/aromatic N) is 4. The normalized spacial score (nSPS) is 19.9. The highest BCUT2D eigenvalue weighted by molar-refractivity contribution is 5.21. The lowest BCUT2D eigenvalue weighted by Gasteiger charge is -2.27. The van der Waals surface area contributed by atoms with Crippen LogP contribution in [0.5, 0.6) is 0 Å². The summed E-state index contributed by atoms with van der Waals surface area (Å²) in [4.78, 5) is 4.65. The molecule has 7 nitrogen and oxygen atoms in total. The zero-order valence-electron chi connectivity index (χ0n) is 14.8. The smallest absolute Gasteiger partial charge is 0.178 e. The van der Waals surface area contributed by atoms with E-state index in [0.29, 0.717) is 18.2 Å². The maximum absolute atomic E-state index is 10.1. The lowest BCUT2D eigenvalue weighted by molar-refractivity contribution is 0.243. The third-order valence-electron chi connectivity index (χ3n) is 5.01. The quantitative estimate of drug-likeness (QED) is 0.668. The molecule has 7 heteroatoms. The highest BCUT2D eigenvalue weighted by atomic mass is 16.3. The Labute approximate surface area is 148 Å². The lowest BCUT2D eigenvalue weighted by atomic mass is 9.78. The molecular weight excluding hydrogens is 316 g/mol. The van der Waals surface area contributed by atoms with Crippen molar-refractivity contribution in [1.29, 1.82) is 0 Å². The number of nitrogens with one attached hydrogen (secondary N) is 2. The van der Waals surface area contributed by atoms with Crippen molar-refractivity contribution < 1.29 is 5.11 Å². The zero-order valence-corrected chi connectivity index (χ0v) is 14.8. The number of aromatic amines is 1. The van der Waals surface area contributed by atoms with Gasteiger partial charge in [-0.15, -0.1) is 10.2 Å². The monoisotopic (exact) mass is 342 g/mol. The van der Waals surface area contributed by atoms with E-state index < -0.39 is 0 Å². The molecule has 3 rings (SSSR count). The molecule has 2 aromatic rings. The summed E-state index contributed by atoms with van der Waals surface area (Å²) in [7, 11) is 0. The van der Waals surface area contributed by atoms with E-state index in [1.807, 2.05) is 6.20 Å². The molecule has 0 bridgehead atoms. The zero-order chi connectivity index (χ0) is 17.8. The second-order valence-corrected chi connectivity index (χ2v) is 7.12. The van der Waals surface area contributed by atoms with Crippen LogP contribution < -0.4 is 5.32 Å². The minimum atomic E-state index is -0.142. The van der Waals surface area contributed by atoms with Gasteiger partial charge in [-0.1, -0.05) is 31.7 Å². The van der Waals surface area contributed by atoms with Crippen LogP contribution in [0.25, 0.3) is 0 Å².